The number of halogens is 1. The van der Waals surface area contributed by atoms with Crippen LogP contribution in [0.2, 0.25) is 4.34 Å². The molecule has 2 aromatic heterocycles. The fourth-order valence-electron chi connectivity index (χ4n) is 1.51. The number of methoxy groups -OCH3 is 1. The zero-order chi connectivity index (χ0) is 13.0. The number of nitrogen functional groups attached to an aromatic ring is 1. The van der Waals surface area contributed by atoms with Gasteiger partial charge in [-0.05, 0) is 30.7 Å². The summed E-state index contributed by atoms with van der Waals surface area (Å²) >= 11 is 7.46. The van der Waals surface area contributed by atoms with Crippen LogP contribution in [0.15, 0.2) is 24.3 Å². The second kappa shape index (κ2) is 5.93. The molecule has 2 heterocycles. The largest absolute Gasteiger partial charge is 0.479 e. The number of nitrogens with two attached hydrogens (primary N) is 1. The second-order valence-electron chi connectivity index (χ2n) is 3.68. The van der Waals surface area contributed by atoms with E-state index in [1.165, 1.54) is 4.88 Å². The van der Waals surface area contributed by atoms with Gasteiger partial charge in [0.2, 0.25) is 5.88 Å². The number of ether oxygens (including phenoxy) is 1. The molecule has 0 amide bonds. The predicted molar refractivity (Wildman–Crippen MR) is 76.7 cm³/mol. The summed E-state index contributed by atoms with van der Waals surface area (Å²) in [4.78, 5) is 5.49. The number of pyridine rings is 1. The van der Waals surface area contributed by atoms with Gasteiger partial charge in [-0.25, -0.2) is 0 Å². The summed E-state index contributed by atoms with van der Waals surface area (Å²) in [7, 11) is 1.55. The van der Waals surface area contributed by atoms with Crippen molar-refractivity contribution in [2.45, 2.75) is 6.42 Å². The Morgan fingerprint density at radius 3 is 2.89 bits per heavy atom. The third-order valence-corrected chi connectivity index (χ3v) is 3.68. The van der Waals surface area contributed by atoms with Crippen LogP contribution in [-0.2, 0) is 6.42 Å². The number of aromatic nitrogens is 1. The highest BCUT2D eigenvalue weighted by Gasteiger charge is 2.03. The number of nitrogens with zero attached hydrogens (tertiary/aromatic N) is 1. The molecule has 0 aliphatic carbocycles. The quantitative estimate of drug-likeness (QED) is 0.885. The molecule has 4 nitrogen and oxygen atoms in total. The summed E-state index contributed by atoms with van der Waals surface area (Å²) in [5, 5.41) is 3.22. The van der Waals surface area contributed by atoms with Gasteiger partial charge in [0.1, 0.15) is 5.82 Å². The van der Waals surface area contributed by atoms with E-state index in [4.69, 9.17) is 22.1 Å². The molecule has 0 spiro atoms. The Hall–Kier alpha value is -1.46. The number of thiophene rings is 1. The maximum Gasteiger partial charge on any atom is 0.238 e. The van der Waals surface area contributed by atoms with Crippen molar-refractivity contribution >= 4 is 34.4 Å². The first-order chi connectivity index (χ1) is 8.69. The highest BCUT2D eigenvalue weighted by Crippen LogP contribution is 2.22. The average molecular weight is 284 g/mol. The summed E-state index contributed by atoms with van der Waals surface area (Å²) in [6.07, 6.45) is 0.908. The molecule has 0 unspecified atom stereocenters. The van der Waals surface area contributed by atoms with E-state index in [0.717, 1.165) is 23.1 Å². The Kier molecular flexibility index (Phi) is 4.28. The number of anilines is 2. The Morgan fingerprint density at radius 2 is 2.22 bits per heavy atom. The van der Waals surface area contributed by atoms with Crippen molar-refractivity contribution in [3.63, 3.8) is 0 Å². The molecule has 96 valence electrons. The van der Waals surface area contributed by atoms with Gasteiger partial charge in [-0.1, -0.05) is 11.6 Å². The standard InChI is InChI=1S/C12H14ClN3OS/c1-17-12-9(14)3-5-11(16-12)15-7-6-8-2-4-10(13)18-8/h2-5H,6-7,14H2,1H3,(H,15,16). The second-order valence-corrected chi connectivity index (χ2v) is 5.48. The molecule has 0 atom stereocenters. The Bertz CT molecular complexity index is 530. The molecule has 0 radical (unpaired) electrons. The van der Waals surface area contributed by atoms with Gasteiger partial charge in [0.25, 0.3) is 0 Å². The minimum Gasteiger partial charge on any atom is -0.479 e. The van der Waals surface area contributed by atoms with Crippen molar-refractivity contribution in [1.29, 1.82) is 0 Å². The smallest absolute Gasteiger partial charge is 0.238 e. The number of rotatable bonds is 5. The monoisotopic (exact) mass is 283 g/mol. The fourth-order valence-corrected chi connectivity index (χ4v) is 2.60. The van der Waals surface area contributed by atoms with E-state index < -0.39 is 0 Å². The van der Waals surface area contributed by atoms with E-state index in [0.29, 0.717) is 11.6 Å². The normalized spacial score (nSPS) is 10.3. The molecule has 0 bridgehead atoms. The van der Waals surface area contributed by atoms with Crippen LogP contribution in [0.5, 0.6) is 5.88 Å². The van der Waals surface area contributed by atoms with Crippen LogP contribution in [0.4, 0.5) is 11.5 Å². The van der Waals surface area contributed by atoms with E-state index in [1.807, 2.05) is 18.2 Å². The van der Waals surface area contributed by atoms with Crippen molar-refractivity contribution in [1.82, 2.24) is 4.98 Å². The molecule has 18 heavy (non-hydrogen) atoms. The van der Waals surface area contributed by atoms with Gasteiger partial charge in [-0.15, -0.1) is 11.3 Å². The van der Waals surface area contributed by atoms with Crippen molar-refractivity contribution in [3.05, 3.63) is 33.5 Å². The number of hydrogen-bond donors (Lipinski definition) is 2. The first-order valence-electron chi connectivity index (χ1n) is 5.47. The summed E-state index contributed by atoms with van der Waals surface area (Å²) < 4.78 is 5.88. The third kappa shape index (κ3) is 3.27. The van der Waals surface area contributed by atoms with E-state index in [-0.39, 0.29) is 0 Å². The maximum absolute atomic E-state index is 5.87. The molecule has 3 N–H and O–H groups in total. The fraction of sp³-hybridized carbons (Fsp3) is 0.250. The van der Waals surface area contributed by atoms with Crippen LogP contribution in [-0.4, -0.2) is 18.6 Å². The molecule has 0 saturated carbocycles. The highest BCUT2D eigenvalue weighted by atomic mass is 35.5. The van der Waals surface area contributed by atoms with Crippen LogP contribution in [0.25, 0.3) is 0 Å². The van der Waals surface area contributed by atoms with Gasteiger partial charge in [-0.3, -0.25) is 0 Å². The van der Waals surface area contributed by atoms with Gasteiger partial charge in [0, 0.05) is 11.4 Å². The minimum atomic E-state index is 0.444. The van der Waals surface area contributed by atoms with Crippen LogP contribution < -0.4 is 15.8 Å². The first kappa shape index (κ1) is 13.0. The SMILES string of the molecule is COc1nc(NCCc2ccc(Cl)s2)ccc1N. The Morgan fingerprint density at radius 1 is 1.39 bits per heavy atom. The molecule has 0 aliphatic rings. The Labute approximate surface area is 115 Å². The lowest BCUT2D eigenvalue weighted by molar-refractivity contribution is 0.401. The van der Waals surface area contributed by atoms with E-state index in [2.05, 4.69) is 10.3 Å². The molecule has 0 fully saturated rings. The molecule has 2 rings (SSSR count). The van der Waals surface area contributed by atoms with Crippen molar-refractivity contribution in [3.8, 4) is 5.88 Å². The third-order valence-electron chi connectivity index (χ3n) is 2.39. The predicted octanol–water partition coefficient (Wildman–Crippen LogP) is 3.04. The van der Waals surface area contributed by atoms with Crippen LogP contribution in [0, 0.1) is 0 Å². The number of hydrogen-bond acceptors (Lipinski definition) is 5. The molecule has 0 saturated heterocycles. The zero-order valence-corrected chi connectivity index (χ0v) is 11.5. The number of nitrogens with one attached hydrogen (secondary N) is 1. The lowest BCUT2D eigenvalue weighted by Gasteiger charge is -2.08. The molecule has 6 heteroatoms. The van der Waals surface area contributed by atoms with E-state index >= 15 is 0 Å². The van der Waals surface area contributed by atoms with Gasteiger partial charge in [0.15, 0.2) is 0 Å². The van der Waals surface area contributed by atoms with Gasteiger partial charge < -0.3 is 15.8 Å². The van der Waals surface area contributed by atoms with Crippen LogP contribution in [0.1, 0.15) is 4.88 Å². The van der Waals surface area contributed by atoms with E-state index in [9.17, 15) is 0 Å². The van der Waals surface area contributed by atoms with Crippen LogP contribution >= 0.6 is 22.9 Å². The van der Waals surface area contributed by atoms with Crippen LogP contribution in [0.3, 0.4) is 0 Å². The molecular formula is C12H14ClN3OS. The van der Waals surface area contributed by atoms with Gasteiger partial charge >= 0.3 is 0 Å². The highest BCUT2D eigenvalue weighted by molar-refractivity contribution is 7.16. The first-order valence-corrected chi connectivity index (χ1v) is 6.67. The summed E-state index contributed by atoms with van der Waals surface area (Å²) in [5.41, 5.74) is 6.23. The Balaban J connectivity index is 1.90. The lowest BCUT2D eigenvalue weighted by Crippen LogP contribution is -2.06. The van der Waals surface area contributed by atoms with Gasteiger partial charge in [-0.2, -0.15) is 4.98 Å². The average Bonchev–Trinajstić information content (AvgIpc) is 2.77. The topological polar surface area (TPSA) is 60.2 Å². The maximum atomic E-state index is 5.87. The van der Waals surface area contributed by atoms with Crippen molar-refractivity contribution < 1.29 is 4.74 Å². The van der Waals surface area contributed by atoms with Gasteiger partial charge in [0.05, 0.1) is 17.1 Å². The summed E-state index contributed by atoms with van der Waals surface area (Å²) in [6.45, 7) is 0.789. The molecule has 0 aromatic carbocycles. The summed E-state index contributed by atoms with van der Waals surface area (Å²) in [6, 6.07) is 7.55. The summed E-state index contributed by atoms with van der Waals surface area (Å²) in [5.74, 6) is 1.20. The van der Waals surface area contributed by atoms with Crippen molar-refractivity contribution in [2.75, 3.05) is 24.7 Å². The molecule has 2 aromatic rings. The molecule has 0 aliphatic heterocycles. The van der Waals surface area contributed by atoms with E-state index in [1.54, 1.807) is 24.5 Å². The molecular weight excluding hydrogens is 270 g/mol. The zero-order valence-electron chi connectivity index (χ0n) is 9.94. The lowest BCUT2D eigenvalue weighted by atomic mass is 10.3. The van der Waals surface area contributed by atoms with Crippen molar-refractivity contribution in [2.24, 2.45) is 0 Å². The minimum absolute atomic E-state index is 0.444.